The van der Waals surface area contributed by atoms with Crippen LogP contribution in [0.25, 0.3) is 22.3 Å². The minimum absolute atomic E-state index is 0.324. The smallest absolute Gasteiger partial charge is 0.306 e. The highest BCUT2D eigenvalue weighted by Gasteiger charge is 2.29. The Balaban J connectivity index is 1.52. The van der Waals surface area contributed by atoms with Gasteiger partial charge in [0.2, 0.25) is 5.91 Å². The number of carbonyl (C=O) groups excluding carboxylic acids is 1. The van der Waals surface area contributed by atoms with Crippen molar-refractivity contribution in [2.45, 2.75) is 50.3 Å². The minimum atomic E-state index is -1.04. The van der Waals surface area contributed by atoms with E-state index >= 15 is 0 Å². The molecule has 3 N–H and O–H groups in total. The number of hydrogen-bond acceptors (Lipinski definition) is 3. The molecule has 0 unspecified atom stereocenters. The first-order chi connectivity index (χ1) is 15.5. The van der Waals surface area contributed by atoms with E-state index in [0.29, 0.717) is 12.8 Å². The molecule has 3 atom stereocenters. The van der Waals surface area contributed by atoms with Gasteiger partial charge in [-0.25, -0.2) is 0 Å². The largest absolute Gasteiger partial charge is 0.481 e. The molecule has 6 heteroatoms. The molecule has 1 aliphatic carbocycles. The Morgan fingerprint density at radius 2 is 1.53 bits per heavy atom. The third kappa shape index (κ3) is 5.08. The van der Waals surface area contributed by atoms with Gasteiger partial charge in [-0.3, -0.25) is 9.59 Å². The van der Waals surface area contributed by atoms with Crippen LogP contribution in [0, 0.1) is 0 Å². The van der Waals surface area contributed by atoms with Gasteiger partial charge >= 0.3 is 5.97 Å². The number of nitrogens with zero attached hydrogens (tertiary/aromatic N) is 1. The molecule has 1 aliphatic rings. The molecule has 0 aliphatic heterocycles. The van der Waals surface area contributed by atoms with Crippen LogP contribution in [0.3, 0.4) is 0 Å². The molecule has 2 aromatic carbocycles. The Morgan fingerprint density at radius 1 is 0.906 bits per heavy atom. The zero-order valence-electron chi connectivity index (χ0n) is 17.9. The summed E-state index contributed by atoms with van der Waals surface area (Å²) in [5.74, 6) is -1.42. The van der Waals surface area contributed by atoms with Gasteiger partial charge in [0.05, 0.1) is 18.6 Å². The van der Waals surface area contributed by atoms with E-state index in [2.05, 4.69) is 17.4 Å². The Bertz CT molecular complexity index is 1060. The highest BCUT2D eigenvalue weighted by Crippen LogP contribution is 2.27. The fourth-order valence-corrected chi connectivity index (χ4v) is 4.32. The van der Waals surface area contributed by atoms with Crippen LogP contribution in [0.15, 0.2) is 73.1 Å². The predicted molar refractivity (Wildman–Crippen MR) is 123 cm³/mol. The van der Waals surface area contributed by atoms with Crippen LogP contribution in [0.1, 0.15) is 38.1 Å². The number of rotatable bonds is 7. The summed E-state index contributed by atoms with van der Waals surface area (Å²) in [7, 11) is 0. The third-order valence-corrected chi connectivity index (χ3v) is 6.13. The van der Waals surface area contributed by atoms with E-state index in [1.165, 1.54) is 0 Å². The number of aliphatic hydroxyl groups excluding tert-OH is 1. The number of carboxylic acids is 1. The van der Waals surface area contributed by atoms with E-state index in [9.17, 15) is 19.8 Å². The standard InChI is InChI=1S/C26H28N2O4/c29-24-9-5-4-8-22(24)27-26(32)23(16-25(30)31)28-15-14-21(17-28)20-12-10-19(11-13-20)18-6-2-1-3-7-18/h1-3,6-7,10-15,17,22-24,29H,4-5,8-9,16H2,(H,27,32)(H,30,31)/t22-,23-,24-/m1/s1. The topological polar surface area (TPSA) is 91.6 Å². The molecule has 1 fully saturated rings. The Morgan fingerprint density at radius 3 is 2.19 bits per heavy atom. The van der Waals surface area contributed by atoms with Crippen LogP contribution in [-0.4, -0.2) is 38.8 Å². The number of aliphatic carboxylic acids is 1. The van der Waals surface area contributed by atoms with Crippen molar-refractivity contribution in [2.75, 3.05) is 0 Å². The maximum absolute atomic E-state index is 12.9. The van der Waals surface area contributed by atoms with Crippen molar-refractivity contribution in [3.05, 3.63) is 73.1 Å². The first-order valence-electron chi connectivity index (χ1n) is 11.0. The van der Waals surface area contributed by atoms with Gasteiger partial charge in [0.25, 0.3) is 0 Å². The first-order valence-corrected chi connectivity index (χ1v) is 11.0. The molecule has 0 saturated heterocycles. The normalized spacial score (nSPS) is 19.3. The van der Waals surface area contributed by atoms with Crippen LogP contribution < -0.4 is 5.32 Å². The van der Waals surface area contributed by atoms with E-state index in [4.69, 9.17) is 0 Å². The van der Waals surface area contributed by atoms with Crippen LogP contribution in [-0.2, 0) is 9.59 Å². The second-order valence-electron chi connectivity index (χ2n) is 8.37. The summed E-state index contributed by atoms with van der Waals surface area (Å²) in [5, 5.41) is 22.4. The molecule has 0 spiro atoms. The summed E-state index contributed by atoms with van der Waals surface area (Å²) in [6.45, 7) is 0. The van der Waals surface area contributed by atoms with Gasteiger partial charge in [-0.2, -0.15) is 0 Å². The van der Waals surface area contributed by atoms with Crippen LogP contribution >= 0.6 is 0 Å². The molecule has 3 aromatic rings. The summed E-state index contributed by atoms with van der Waals surface area (Å²) in [5.41, 5.74) is 4.15. The second-order valence-corrected chi connectivity index (χ2v) is 8.37. The number of amides is 1. The van der Waals surface area contributed by atoms with E-state index in [1.54, 1.807) is 10.8 Å². The summed E-state index contributed by atoms with van der Waals surface area (Å²) in [4.78, 5) is 24.4. The van der Waals surface area contributed by atoms with Crippen LogP contribution in [0.4, 0.5) is 0 Å². The molecule has 0 bridgehead atoms. The SMILES string of the molecule is O=C(O)C[C@H](C(=O)N[C@@H]1CCCC[C@H]1O)n1ccc(-c2ccc(-c3ccccc3)cc2)c1. The molecule has 32 heavy (non-hydrogen) atoms. The fourth-order valence-electron chi connectivity index (χ4n) is 4.32. The summed E-state index contributed by atoms with van der Waals surface area (Å²) in [6, 6.07) is 18.9. The maximum atomic E-state index is 12.9. The van der Waals surface area contributed by atoms with Gasteiger partial charge in [-0.1, -0.05) is 67.4 Å². The van der Waals surface area contributed by atoms with E-state index in [0.717, 1.165) is 35.1 Å². The fraction of sp³-hybridized carbons (Fsp3) is 0.308. The lowest BCUT2D eigenvalue weighted by atomic mass is 9.92. The Labute approximate surface area is 187 Å². The number of carbonyl (C=O) groups is 2. The molecule has 4 rings (SSSR count). The van der Waals surface area contributed by atoms with E-state index < -0.39 is 18.1 Å². The lowest BCUT2D eigenvalue weighted by molar-refractivity contribution is -0.141. The predicted octanol–water partition coefficient (Wildman–Crippen LogP) is 4.26. The van der Waals surface area contributed by atoms with Crippen LogP contribution in [0.2, 0.25) is 0 Å². The van der Waals surface area contributed by atoms with Gasteiger partial charge in [-0.05, 0) is 41.2 Å². The molecule has 0 radical (unpaired) electrons. The number of carboxylic acid groups (broad SMARTS) is 1. The summed E-state index contributed by atoms with van der Waals surface area (Å²) in [6.07, 6.45) is 5.89. The minimum Gasteiger partial charge on any atom is -0.481 e. The number of nitrogens with one attached hydrogen (secondary N) is 1. The molecule has 6 nitrogen and oxygen atoms in total. The first kappa shape index (κ1) is 21.8. The highest BCUT2D eigenvalue weighted by atomic mass is 16.4. The molecule has 166 valence electrons. The van der Waals surface area contributed by atoms with Crippen LogP contribution in [0.5, 0.6) is 0 Å². The van der Waals surface area contributed by atoms with Crippen molar-refractivity contribution >= 4 is 11.9 Å². The summed E-state index contributed by atoms with van der Waals surface area (Å²) >= 11 is 0. The molecular weight excluding hydrogens is 404 g/mol. The molecule has 1 saturated carbocycles. The maximum Gasteiger partial charge on any atom is 0.306 e. The number of hydrogen-bond donors (Lipinski definition) is 3. The van der Waals surface area contributed by atoms with Gasteiger partial charge in [0.1, 0.15) is 6.04 Å². The van der Waals surface area contributed by atoms with Gasteiger partial charge in [-0.15, -0.1) is 0 Å². The lowest BCUT2D eigenvalue weighted by Gasteiger charge is -2.30. The highest BCUT2D eigenvalue weighted by molar-refractivity contribution is 5.85. The van der Waals surface area contributed by atoms with Gasteiger partial charge < -0.3 is 20.1 Å². The number of aromatic nitrogens is 1. The van der Waals surface area contributed by atoms with Crippen molar-refractivity contribution in [1.82, 2.24) is 9.88 Å². The number of benzene rings is 2. The molecule has 1 heterocycles. The van der Waals surface area contributed by atoms with E-state index in [-0.39, 0.29) is 18.4 Å². The second kappa shape index (κ2) is 9.83. The average Bonchev–Trinajstić information content (AvgIpc) is 3.29. The molecule has 1 amide bonds. The quantitative estimate of drug-likeness (QED) is 0.520. The lowest BCUT2D eigenvalue weighted by Crippen LogP contribution is -2.47. The zero-order chi connectivity index (χ0) is 22.5. The third-order valence-electron chi connectivity index (χ3n) is 6.13. The van der Waals surface area contributed by atoms with Crippen molar-refractivity contribution in [1.29, 1.82) is 0 Å². The Hall–Kier alpha value is -3.38. The van der Waals surface area contributed by atoms with Crippen molar-refractivity contribution in [2.24, 2.45) is 0 Å². The van der Waals surface area contributed by atoms with Gasteiger partial charge in [0.15, 0.2) is 0 Å². The van der Waals surface area contributed by atoms with Crippen molar-refractivity contribution in [3.63, 3.8) is 0 Å². The van der Waals surface area contributed by atoms with Crippen molar-refractivity contribution in [3.8, 4) is 22.3 Å². The molecular formula is C26H28N2O4. The molecule has 1 aromatic heterocycles. The van der Waals surface area contributed by atoms with E-state index in [1.807, 2.05) is 54.7 Å². The average molecular weight is 433 g/mol. The summed E-state index contributed by atoms with van der Waals surface area (Å²) < 4.78 is 1.65. The zero-order valence-corrected chi connectivity index (χ0v) is 17.9. The van der Waals surface area contributed by atoms with Gasteiger partial charge in [0, 0.05) is 12.4 Å². The monoisotopic (exact) mass is 432 g/mol. The number of aliphatic hydroxyl groups is 1. The van der Waals surface area contributed by atoms with Crippen molar-refractivity contribution < 1.29 is 19.8 Å². The Kier molecular flexibility index (Phi) is 6.71.